The Morgan fingerprint density at radius 1 is 1.46 bits per heavy atom. The highest BCUT2D eigenvalue weighted by atomic mass is 16.3. The van der Waals surface area contributed by atoms with Gasteiger partial charge in [0.2, 0.25) is 0 Å². The normalized spacial score (nSPS) is 10.4. The number of carbonyl (C=O) groups excluding carboxylic acids is 1. The molecule has 0 atom stereocenters. The standard InChI is InChI=1S/C10H13NO2/c1-6(2)9(12)7-4-3-5-8(11)10(7)13/h3-6,13H,11H2,1-2H3. The SMILES string of the molecule is CC(C)C(=O)c1cccc(N)c1O. The van der Waals surface area contributed by atoms with E-state index in [-0.39, 0.29) is 23.1 Å². The number of hydrogen-bond acceptors (Lipinski definition) is 3. The third kappa shape index (κ3) is 1.80. The predicted molar refractivity (Wildman–Crippen MR) is 51.7 cm³/mol. The fourth-order valence-corrected chi connectivity index (χ4v) is 1.07. The van der Waals surface area contributed by atoms with Crippen LogP contribution in [-0.2, 0) is 0 Å². The maximum Gasteiger partial charge on any atom is 0.169 e. The molecule has 3 N–H and O–H groups in total. The molecule has 1 aromatic rings. The van der Waals surface area contributed by atoms with E-state index in [4.69, 9.17) is 5.73 Å². The van der Waals surface area contributed by atoms with Crippen molar-refractivity contribution in [3.05, 3.63) is 23.8 Å². The van der Waals surface area contributed by atoms with Gasteiger partial charge >= 0.3 is 0 Å². The maximum absolute atomic E-state index is 11.5. The number of hydrogen-bond donors (Lipinski definition) is 2. The van der Waals surface area contributed by atoms with E-state index in [0.717, 1.165) is 0 Å². The van der Waals surface area contributed by atoms with E-state index >= 15 is 0 Å². The zero-order valence-electron chi connectivity index (χ0n) is 7.74. The highest BCUT2D eigenvalue weighted by molar-refractivity contribution is 6.01. The van der Waals surface area contributed by atoms with E-state index in [1.54, 1.807) is 32.0 Å². The minimum Gasteiger partial charge on any atom is -0.505 e. The van der Waals surface area contributed by atoms with Crippen LogP contribution in [0.2, 0.25) is 0 Å². The Morgan fingerprint density at radius 3 is 2.62 bits per heavy atom. The lowest BCUT2D eigenvalue weighted by Crippen LogP contribution is -2.08. The fourth-order valence-electron chi connectivity index (χ4n) is 1.07. The molecule has 0 aromatic heterocycles. The monoisotopic (exact) mass is 179 g/mol. The van der Waals surface area contributed by atoms with Crippen LogP contribution in [0.1, 0.15) is 24.2 Å². The zero-order valence-corrected chi connectivity index (χ0v) is 7.74. The number of Topliss-reactive ketones (excluding diaryl/α,β-unsaturated/α-hetero) is 1. The quantitative estimate of drug-likeness (QED) is 0.413. The average molecular weight is 179 g/mol. The van der Waals surface area contributed by atoms with Gasteiger partial charge in [0.25, 0.3) is 0 Å². The molecule has 13 heavy (non-hydrogen) atoms. The molecule has 0 amide bonds. The summed E-state index contributed by atoms with van der Waals surface area (Å²) in [5.41, 5.74) is 6.00. The van der Waals surface area contributed by atoms with Crippen LogP contribution < -0.4 is 5.73 Å². The molecule has 0 spiro atoms. The van der Waals surface area contributed by atoms with E-state index in [9.17, 15) is 9.90 Å². The molecule has 0 bridgehead atoms. The summed E-state index contributed by atoms with van der Waals surface area (Å²) in [6, 6.07) is 4.80. The molecule has 0 unspecified atom stereocenters. The first-order chi connectivity index (χ1) is 6.04. The summed E-state index contributed by atoms with van der Waals surface area (Å²) < 4.78 is 0. The smallest absolute Gasteiger partial charge is 0.169 e. The second-order valence-electron chi connectivity index (χ2n) is 3.26. The molecular weight excluding hydrogens is 166 g/mol. The Bertz CT molecular complexity index is 332. The molecule has 0 aliphatic carbocycles. The molecule has 0 aliphatic heterocycles. The lowest BCUT2D eigenvalue weighted by Gasteiger charge is -2.07. The van der Waals surface area contributed by atoms with Crippen LogP contribution in [0.5, 0.6) is 5.75 Å². The number of carbonyl (C=O) groups is 1. The molecular formula is C10H13NO2. The van der Waals surface area contributed by atoms with Gasteiger partial charge in [-0.05, 0) is 12.1 Å². The van der Waals surface area contributed by atoms with Crippen molar-refractivity contribution in [1.29, 1.82) is 0 Å². The van der Waals surface area contributed by atoms with Gasteiger partial charge < -0.3 is 10.8 Å². The number of phenols is 1. The molecule has 0 aliphatic rings. The van der Waals surface area contributed by atoms with Crippen molar-refractivity contribution in [3.8, 4) is 5.75 Å². The number of nitrogen functional groups attached to an aromatic ring is 1. The van der Waals surface area contributed by atoms with Crippen LogP contribution in [0.15, 0.2) is 18.2 Å². The van der Waals surface area contributed by atoms with E-state index in [1.165, 1.54) is 0 Å². The first-order valence-corrected chi connectivity index (χ1v) is 4.15. The maximum atomic E-state index is 11.5. The van der Waals surface area contributed by atoms with Gasteiger partial charge in [-0.25, -0.2) is 0 Å². The number of para-hydroxylation sites is 1. The van der Waals surface area contributed by atoms with Gasteiger partial charge in [0, 0.05) is 5.92 Å². The van der Waals surface area contributed by atoms with Gasteiger partial charge in [0.1, 0.15) is 5.75 Å². The van der Waals surface area contributed by atoms with Crippen molar-refractivity contribution < 1.29 is 9.90 Å². The van der Waals surface area contributed by atoms with Gasteiger partial charge in [-0.2, -0.15) is 0 Å². The van der Waals surface area contributed by atoms with Crippen LogP contribution >= 0.6 is 0 Å². The van der Waals surface area contributed by atoms with Crippen LogP contribution in [0.4, 0.5) is 5.69 Å². The average Bonchev–Trinajstić information content (AvgIpc) is 2.08. The second-order valence-corrected chi connectivity index (χ2v) is 3.26. The Morgan fingerprint density at radius 2 is 2.08 bits per heavy atom. The highest BCUT2D eigenvalue weighted by Crippen LogP contribution is 2.26. The van der Waals surface area contributed by atoms with E-state index in [1.807, 2.05) is 0 Å². The zero-order chi connectivity index (χ0) is 10.0. The molecule has 0 saturated carbocycles. The van der Waals surface area contributed by atoms with E-state index in [0.29, 0.717) is 5.56 Å². The van der Waals surface area contributed by atoms with Crippen LogP contribution in [-0.4, -0.2) is 10.9 Å². The van der Waals surface area contributed by atoms with Crippen molar-refractivity contribution in [2.24, 2.45) is 5.92 Å². The first kappa shape index (κ1) is 9.58. The molecule has 3 nitrogen and oxygen atoms in total. The minimum atomic E-state index is -0.132. The molecule has 1 aromatic carbocycles. The molecule has 0 radical (unpaired) electrons. The molecule has 70 valence electrons. The van der Waals surface area contributed by atoms with Crippen LogP contribution in [0.3, 0.4) is 0 Å². The number of anilines is 1. The predicted octanol–water partition coefficient (Wildman–Crippen LogP) is 1.81. The first-order valence-electron chi connectivity index (χ1n) is 4.15. The van der Waals surface area contributed by atoms with Gasteiger partial charge in [0.15, 0.2) is 5.78 Å². The number of benzene rings is 1. The van der Waals surface area contributed by atoms with E-state index in [2.05, 4.69) is 0 Å². The Balaban J connectivity index is 3.15. The summed E-state index contributed by atoms with van der Waals surface area (Å²) in [5.74, 6) is -0.335. The van der Waals surface area contributed by atoms with Crippen molar-refractivity contribution in [2.75, 3.05) is 5.73 Å². The Labute approximate surface area is 77.2 Å². The summed E-state index contributed by atoms with van der Waals surface area (Å²) in [6.45, 7) is 3.57. The summed E-state index contributed by atoms with van der Waals surface area (Å²) in [5, 5.41) is 9.47. The second kappa shape index (κ2) is 3.47. The van der Waals surface area contributed by atoms with Crippen molar-refractivity contribution in [2.45, 2.75) is 13.8 Å². The topological polar surface area (TPSA) is 63.3 Å². The van der Waals surface area contributed by atoms with Gasteiger partial charge in [-0.3, -0.25) is 4.79 Å². The fraction of sp³-hybridized carbons (Fsp3) is 0.300. The summed E-state index contributed by atoms with van der Waals surface area (Å²) >= 11 is 0. The number of phenolic OH excluding ortho intramolecular Hbond substituents is 1. The van der Waals surface area contributed by atoms with Crippen molar-refractivity contribution in [3.63, 3.8) is 0 Å². The number of ketones is 1. The number of aromatic hydroxyl groups is 1. The summed E-state index contributed by atoms with van der Waals surface area (Å²) in [6.07, 6.45) is 0. The van der Waals surface area contributed by atoms with Crippen LogP contribution in [0, 0.1) is 5.92 Å². The van der Waals surface area contributed by atoms with Gasteiger partial charge in [0.05, 0.1) is 11.3 Å². The molecule has 0 heterocycles. The Hall–Kier alpha value is -1.51. The molecule has 3 heteroatoms. The number of rotatable bonds is 2. The summed E-state index contributed by atoms with van der Waals surface area (Å²) in [4.78, 5) is 11.5. The van der Waals surface area contributed by atoms with Gasteiger partial charge in [-0.15, -0.1) is 0 Å². The van der Waals surface area contributed by atoms with Crippen LogP contribution in [0.25, 0.3) is 0 Å². The lowest BCUT2D eigenvalue weighted by atomic mass is 10.00. The number of nitrogens with two attached hydrogens (primary N) is 1. The van der Waals surface area contributed by atoms with E-state index < -0.39 is 0 Å². The largest absolute Gasteiger partial charge is 0.505 e. The van der Waals surface area contributed by atoms with Crippen molar-refractivity contribution >= 4 is 11.5 Å². The molecule has 1 rings (SSSR count). The third-order valence-electron chi connectivity index (χ3n) is 1.86. The van der Waals surface area contributed by atoms with Crippen molar-refractivity contribution in [1.82, 2.24) is 0 Å². The minimum absolute atomic E-state index is 0.0928. The molecule has 0 saturated heterocycles. The Kier molecular flexibility index (Phi) is 2.56. The lowest BCUT2D eigenvalue weighted by molar-refractivity contribution is 0.0937. The molecule has 0 fully saturated rings. The third-order valence-corrected chi connectivity index (χ3v) is 1.86. The highest BCUT2D eigenvalue weighted by Gasteiger charge is 2.15. The summed E-state index contributed by atoms with van der Waals surface area (Å²) in [7, 11) is 0. The van der Waals surface area contributed by atoms with Gasteiger partial charge in [-0.1, -0.05) is 19.9 Å².